The van der Waals surface area contributed by atoms with E-state index in [1.165, 1.54) is 18.2 Å². The zero-order valence-electron chi connectivity index (χ0n) is 9.89. The molecule has 6 nitrogen and oxygen atoms in total. The Morgan fingerprint density at radius 3 is 2.25 bits per heavy atom. The summed E-state index contributed by atoms with van der Waals surface area (Å²) in [5, 5.41) is 10.8. The van der Waals surface area contributed by atoms with Gasteiger partial charge in [-0.1, -0.05) is 12.1 Å². The number of benzene rings is 2. The van der Waals surface area contributed by atoms with E-state index in [0.29, 0.717) is 0 Å². The van der Waals surface area contributed by atoms with Crippen LogP contribution in [0.15, 0.2) is 53.4 Å². The fourth-order valence-electron chi connectivity index (χ4n) is 1.45. The second kappa shape index (κ2) is 5.25. The molecule has 0 atom stereocenters. The molecule has 0 N–H and O–H groups in total. The van der Waals surface area contributed by atoms with Crippen molar-refractivity contribution in [1.29, 1.82) is 0 Å². The maximum Gasteiger partial charge on any atom is 0.339 e. The molecule has 0 saturated carbocycles. The van der Waals surface area contributed by atoms with Crippen LogP contribution in [0.3, 0.4) is 0 Å². The molecule has 2 rings (SSSR count). The van der Waals surface area contributed by atoms with Crippen molar-refractivity contribution in [3.8, 4) is 5.75 Å². The molecule has 0 bridgehead atoms. The number of nitrogens with zero attached hydrogens (tertiary/aromatic N) is 1. The van der Waals surface area contributed by atoms with Gasteiger partial charge in [-0.15, -0.1) is 0 Å². The molecule has 0 spiro atoms. The molecule has 0 radical (unpaired) electrons. The van der Waals surface area contributed by atoms with Gasteiger partial charge < -0.3 is 4.18 Å². The zero-order chi connectivity index (χ0) is 14.8. The van der Waals surface area contributed by atoms with E-state index in [2.05, 4.69) is 0 Å². The maximum absolute atomic E-state index is 12.7. The Balaban J connectivity index is 2.38. The van der Waals surface area contributed by atoms with Gasteiger partial charge in [0.2, 0.25) is 5.75 Å². The third-order valence-corrected chi connectivity index (χ3v) is 3.61. The van der Waals surface area contributed by atoms with Gasteiger partial charge in [-0.25, -0.2) is 4.39 Å². The molecular weight excluding hydrogens is 289 g/mol. The minimum Gasteiger partial charge on any atom is -0.372 e. The lowest BCUT2D eigenvalue weighted by molar-refractivity contribution is -0.385. The Kier molecular flexibility index (Phi) is 3.66. The molecular formula is C12H8FNO5S. The predicted molar refractivity (Wildman–Crippen MR) is 67.3 cm³/mol. The van der Waals surface area contributed by atoms with Crippen molar-refractivity contribution in [2.24, 2.45) is 0 Å². The van der Waals surface area contributed by atoms with Crippen LogP contribution in [0.2, 0.25) is 0 Å². The van der Waals surface area contributed by atoms with Gasteiger partial charge in [0.25, 0.3) is 0 Å². The molecule has 2 aromatic rings. The van der Waals surface area contributed by atoms with Gasteiger partial charge in [0.15, 0.2) is 0 Å². The summed E-state index contributed by atoms with van der Waals surface area (Å²) in [6.07, 6.45) is 0. The number of halogens is 1. The van der Waals surface area contributed by atoms with Crippen LogP contribution in [0.5, 0.6) is 5.75 Å². The van der Waals surface area contributed by atoms with E-state index in [4.69, 9.17) is 4.18 Å². The highest BCUT2D eigenvalue weighted by atomic mass is 32.2. The van der Waals surface area contributed by atoms with Gasteiger partial charge in [0, 0.05) is 6.07 Å². The smallest absolute Gasteiger partial charge is 0.339 e. The van der Waals surface area contributed by atoms with Crippen molar-refractivity contribution < 1.29 is 21.9 Å². The Morgan fingerprint density at radius 2 is 1.65 bits per heavy atom. The van der Waals surface area contributed by atoms with Crippen molar-refractivity contribution in [3.63, 3.8) is 0 Å². The summed E-state index contributed by atoms with van der Waals surface area (Å²) >= 11 is 0. The van der Waals surface area contributed by atoms with Gasteiger partial charge in [-0.05, 0) is 30.3 Å². The first kappa shape index (κ1) is 13.9. The largest absolute Gasteiger partial charge is 0.372 e. The summed E-state index contributed by atoms with van der Waals surface area (Å²) < 4.78 is 41.3. The second-order valence-corrected chi connectivity index (χ2v) is 5.26. The topological polar surface area (TPSA) is 86.5 Å². The number of hydrogen-bond acceptors (Lipinski definition) is 5. The third kappa shape index (κ3) is 2.91. The summed E-state index contributed by atoms with van der Waals surface area (Å²) in [6, 6.07) is 9.01. The standard InChI is InChI=1S/C12H8FNO5S/c13-9-5-7-10(8-6-9)20(17,18)19-12-4-2-1-3-11(12)14(15)16/h1-8H. The third-order valence-electron chi connectivity index (χ3n) is 2.36. The summed E-state index contributed by atoms with van der Waals surface area (Å²) in [4.78, 5) is 9.72. The molecule has 8 heteroatoms. The first-order valence-electron chi connectivity index (χ1n) is 5.33. The highest BCUT2D eigenvalue weighted by Crippen LogP contribution is 2.28. The van der Waals surface area contributed by atoms with Gasteiger partial charge in [0.1, 0.15) is 10.7 Å². The molecule has 0 saturated heterocycles. The fourth-order valence-corrected chi connectivity index (χ4v) is 2.39. The lowest BCUT2D eigenvalue weighted by Crippen LogP contribution is -2.10. The van der Waals surface area contributed by atoms with Crippen LogP contribution in [-0.4, -0.2) is 13.3 Å². The van der Waals surface area contributed by atoms with E-state index in [0.717, 1.165) is 30.3 Å². The van der Waals surface area contributed by atoms with Crippen LogP contribution in [-0.2, 0) is 10.1 Å². The van der Waals surface area contributed by atoms with Crippen LogP contribution in [0.1, 0.15) is 0 Å². The van der Waals surface area contributed by atoms with E-state index in [9.17, 15) is 22.9 Å². The summed E-state index contributed by atoms with van der Waals surface area (Å²) in [7, 11) is -4.26. The average molecular weight is 297 g/mol. The first-order valence-corrected chi connectivity index (χ1v) is 6.74. The van der Waals surface area contributed by atoms with E-state index < -0.39 is 32.3 Å². The molecule has 2 aromatic carbocycles. The Labute approximate surface area is 113 Å². The quantitative estimate of drug-likeness (QED) is 0.491. The van der Waals surface area contributed by atoms with Crippen molar-refractivity contribution in [3.05, 3.63) is 64.5 Å². The minimum absolute atomic E-state index is 0.294. The SMILES string of the molecule is O=[N+]([O-])c1ccccc1OS(=O)(=O)c1ccc(F)cc1. The summed E-state index contributed by atoms with van der Waals surface area (Å²) in [5.74, 6) is -1.00. The predicted octanol–water partition coefficient (Wildman–Crippen LogP) is 2.50. The number of rotatable bonds is 4. The summed E-state index contributed by atoms with van der Waals surface area (Å²) in [5.41, 5.74) is -0.474. The Hall–Kier alpha value is -2.48. The van der Waals surface area contributed by atoms with E-state index >= 15 is 0 Å². The van der Waals surface area contributed by atoms with Crippen LogP contribution in [0.25, 0.3) is 0 Å². The fraction of sp³-hybridized carbons (Fsp3) is 0. The van der Waals surface area contributed by atoms with E-state index in [-0.39, 0.29) is 4.90 Å². The monoisotopic (exact) mass is 297 g/mol. The van der Waals surface area contributed by atoms with Crippen molar-refractivity contribution in [2.75, 3.05) is 0 Å². The van der Waals surface area contributed by atoms with E-state index in [1.807, 2.05) is 0 Å². The minimum atomic E-state index is -4.26. The highest BCUT2D eigenvalue weighted by molar-refractivity contribution is 7.87. The first-order chi connectivity index (χ1) is 9.40. The van der Waals surface area contributed by atoms with Gasteiger partial charge in [-0.2, -0.15) is 8.42 Å². The molecule has 0 aliphatic heterocycles. The molecule has 0 heterocycles. The number of nitro benzene ring substituents is 1. The van der Waals surface area contributed by atoms with Crippen molar-refractivity contribution in [2.45, 2.75) is 4.90 Å². The molecule has 104 valence electrons. The molecule has 0 unspecified atom stereocenters. The zero-order valence-corrected chi connectivity index (χ0v) is 10.7. The summed E-state index contributed by atoms with van der Waals surface area (Å²) in [6.45, 7) is 0. The van der Waals surface area contributed by atoms with Crippen molar-refractivity contribution >= 4 is 15.8 Å². The number of para-hydroxylation sites is 2. The highest BCUT2D eigenvalue weighted by Gasteiger charge is 2.22. The van der Waals surface area contributed by atoms with Crippen LogP contribution in [0.4, 0.5) is 10.1 Å². The number of nitro groups is 1. The normalized spacial score (nSPS) is 11.1. The molecule has 0 aliphatic rings. The van der Waals surface area contributed by atoms with Crippen LogP contribution >= 0.6 is 0 Å². The molecule has 0 aliphatic carbocycles. The Bertz CT molecular complexity index is 743. The van der Waals surface area contributed by atoms with Crippen molar-refractivity contribution in [1.82, 2.24) is 0 Å². The van der Waals surface area contributed by atoms with Gasteiger partial charge >= 0.3 is 15.8 Å². The van der Waals surface area contributed by atoms with Gasteiger partial charge in [-0.3, -0.25) is 10.1 Å². The lowest BCUT2D eigenvalue weighted by atomic mass is 10.3. The van der Waals surface area contributed by atoms with Gasteiger partial charge in [0.05, 0.1) is 4.92 Å². The van der Waals surface area contributed by atoms with E-state index in [1.54, 1.807) is 0 Å². The van der Waals surface area contributed by atoms with Crippen LogP contribution < -0.4 is 4.18 Å². The molecule has 0 fully saturated rings. The lowest BCUT2D eigenvalue weighted by Gasteiger charge is -2.07. The second-order valence-electron chi connectivity index (χ2n) is 3.72. The Morgan fingerprint density at radius 1 is 1.05 bits per heavy atom. The molecule has 20 heavy (non-hydrogen) atoms. The average Bonchev–Trinajstić information content (AvgIpc) is 2.39. The molecule has 0 amide bonds. The van der Waals surface area contributed by atoms with Crippen LogP contribution in [0, 0.1) is 15.9 Å². The molecule has 0 aromatic heterocycles. The number of hydrogen-bond donors (Lipinski definition) is 0. The maximum atomic E-state index is 12.7.